The Morgan fingerprint density at radius 3 is 2.19 bits per heavy atom. The van der Waals surface area contributed by atoms with Crippen LogP contribution < -0.4 is 5.32 Å². The zero-order chi connectivity index (χ0) is 26.1. The highest BCUT2D eigenvalue weighted by atomic mass is 35.5. The zero-order valence-corrected chi connectivity index (χ0v) is 23.3. The third-order valence-corrected chi connectivity index (χ3v) is 7.27. The van der Waals surface area contributed by atoms with E-state index in [1.54, 1.807) is 29.2 Å². The molecule has 190 valence electrons. The van der Waals surface area contributed by atoms with Crippen molar-refractivity contribution in [2.24, 2.45) is 0 Å². The predicted octanol–water partition coefficient (Wildman–Crippen LogP) is 7.04. The Hall–Kier alpha value is -2.18. The second kappa shape index (κ2) is 13.9. The molecule has 0 fully saturated rings. The number of nitrogens with zero attached hydrogens (tertiary/aromatic N) is 1. The van der Waals surface area contributed by atoms with Gasteiger partial charge in [0.2, 0.25) is 11.8 Å². The Bertz CT molecular complexity index is 1160. The molecule has 0 aliphatic heterocycles. The van der Waals surface area contributed by atoms with Gasteiger partial charge in [0, 0.05) is 39.8 Å². The van der Waals surface area contributed by atoms with Crippen LogP contribution in [0, 0.1) is 0 Å². The smallest absolute Gasteiger partial charge is 0.243 e. The highest BCUT2D eigenvalue weighted by Gasteiger charge is 2.30. The van der Waals surface area contributed by atoms with E-state index in [1.807, 2.05) is 62.4 Å². The lowest BCUT2D eigenvalue weighted by molar-refractivity contribution is -0.139. The van der Waals surface area contributed by atoms with Crippen molar-refractivity contribution in [1.82, 2.24) is 10.2 Å². The maximum absolute atomic E-state index is 13.6. The van der Waals surface area contributed by atoms with Crippen molar-refractivity contribution in [2.45, 2.75) is 44.6 Å². The highest BCUT2D eigenvalue weighted by molar-refractivity contribution is 7.99. The van der Waals surface area contributed by atoms with Gasteiger partial charge >= 0.3 is 0 Å². The van der Waals surface area contributed by atoms with Crippen LogP contribution in [0.2, 0.25) is 15.1 Å². The van der Waals surface area contributed by atoms with E-state index in [1.165, 1.54) is 11.8 Å². The van der Waals surface area contributed by atoms with Gasteiger partial charge in [-0.15, -0.1) is 11.8 Å². The molecule has 4 nitrogen and oxygen atoms in total. The van der Waals surface area contributed by atoms with Crippen molar-refractivity contribution < 1.29 is 9.59 Å². The van der Waals surface area contributed by atoms with Gasteiger partial charge in [-0.1, -0.05) is 83.3 Å². The lowest BCUT2D eigenvalue weighted by Gasteiger charge is -2.32. The van der Waals surface area contributed by atoms with Crippen LogP contribution in [-0.2, 0) is 28.3 Å². The molecule has 3 aromatic rings. The van der Waals surface area contributed by atoms with E-state index in [9.17, 15) is 9.59 Å². The van der Waals surface area contributed by atoms with Crippen LogP contribution >= 0.6 is 46.6 Å². The molecule has 0 spiro atoms. The number of nitrogens with one attached hydrogen (secondary N) is 1. The Morgan fingerprint density at radius 2 is 1.56 bits per heavy atom. The summed E-state index contributed by atoms with van der Waals surface area (Å²) in [7, 11) is 0. The zero-order valence-electron chi connectivity index (χ0n) is 20.2. The first-order valence-corrected chi connectivity index (χ1v) is 13.9. The third-order valence-electron chi connectivity index (χ3n) is 5.47. The summed E-state index contributed by atoms with van der Waals surface area (Å²) < 4.78 is 0. The number of thioether (sulfide) groups is 1. The Balaban J connectivity index is 1.84. The molecule has 0 aliphatic rings. The molecular formula is C28H29Cl3N2O2S. The van der Waals surface area contributed by atoms with Crippen LogP contribution in [0.3, 0.4) is 0 Å². The minimum absolute atomic E-state index is 0.0512. The molecule has 0 saturated heterocycles. The van der Waals surface area contributed by atoms with E-state index in [0.717, 1.165) is 16.7 Å². The maximum atomic E-state index is 13.6. The van der Waals surface area contributed by atoms with E-state index in [-0.39, 0.29) is 23.6 Å². The minimum atomic E-state index is -0.669. The van der Waals surface area contributed by atoms with Gasteiger partial charge in [-0.05, 0) is 54.8 Å². The van der Waals surface area contributed by atoms with Crippen LogP contribution in [0.4, 0.5) is 0 Å². The number of halogens is 3. The topological polar surface area (TPSA) is 49.4 Å². The van der Waals surface area contributed by atoms with Crippen molar-refractivity contribution in [3.63, 3.8) is 0 Å². The molecule has 0 radical (unpaired) electrons. The van der Waals surface area contributed by atoms with Crippen LogP contribution in [-0.4, -0.2) is 34.6 Å². The fourth-order valence-corrected chi connectivity index (χ4v) is 5.29. The van der Waals surface area contributed by atoms with Crippen molar-refractivity contribution in [1.29, 1.82) is 0 Å². The molecule has 1 N–H and O–H groups in total. The van der Waals surface area contributed by atoms with E-state index in [0.29, 0.717) is 33.8 Å². The molecule has 8 heteroatoms. The monoisotopic (exact) mass is 562 g/mol. The molecule has 2 amide bonds. The molecule has 0 saturated carbocycles. The van der Waals surface area contributed by atoms with E-state index >= 15 is 0 Å². The lowest BCUT2D eigenvalue weighted by atomic mass is 10.0. The number of carbonyl (C=O) groups is 2. The lowest BCUT2D eigenvalue weighted by Crippen LogP contribution is -2.52. The van der Waals surface area contributed by atoms with E-state index in [4.69, 9.17) is 34.8 Å². The van der Waals surface area contributed by atoms with Gasteiger partial charge in [-0.2, -0.15) is 0 Å². The molecule has 0 bridgehead atoms. The fraction of sp³-hybridized carbons (Fsp3) is 0.286. The van der Waals surface area contributed by atoms with Gasteiger partial charge < -0.3 is 10.2 Å². The molecule has 0 heterocycles. The van der Waals surface area contributed by atoms with Crippen LogP contribution in [0.25, 0.3) is 0 Å². The van der Waals surface area contributed by atoms with Gasteiger partial charge in [0.25, 0.3) is 0 Å². The average Bonchev–Trinajstić information content (AvgIpc) is 2.84. The molecule has 3 aromatic carbocycles. The molecule has 1 atom stereocenters. The summed E-state index contributed by atoms with van der Waals surface area (Å²) in [4.78, 5) is 28.6. The van der Waals surface area contributed by atoms with Gasteiger partial charge in [0.15, 0.2) is 0 Å². The Morgan fingerprint density at radius 1 is 0.889 bits per heavy atom. The summed E-state index contributed by atoms with van der Waals surface area (Å²) in [6.07, 6.45) is 0.409. The first kappa shape index (κ1) is 28.4. The number of benzene rings is 3. The van der Waals surface area contributed by atoms with Gasteiger partial charge in [-0.3, -0.25) is 9.59 Å². The van der Waals surface area contributed by atoms with Crippen LogP contribution in [0.1, 0.15) is 30.5 Å². The van der Waals surface area contributed by atoms with Crippen molar-refractivity contribution in [3.8, 4) is 0 Å². The summed E-state index contributed by atoms with van der Waals surface area (Å²) in [6.45, 7) is 4.12. The highest BCUT2D eigenvalue weighted by Crippen LogP contribution is 2.25. The summed E-state index contributed by atoms with van der Waals surface area (Å²) in [5.41, 5.74) is 2.78. The minimum Gasteiger partial charge on any atom is -0.352 e. The van der Waals surface area contributed by atoms with Crippen LogP contribution in [0.5, 0.6) is 0 Å². The second-order valence-electron chi connectivity index (χ2n) is 8.75. The molecule has 0 aromatic heterocycles. The first-order valence-electron chi connectivity index (χ1n) is 11.6. The fourth-order valence-electron chi connectivity index (χ4n) is 3.69. The van der Waals surface area contributed by atoms with Crippen molar-refractivity contribution in [2.75, 3.05) is 5.75 Å². The largest absolute Gasteiger partial charge is 0.352 e. The number of amides is 2. The molecule has 36 heavy (non-hydrogen) atoms. The summed E-state index contributed by atoms with van der Waals surface area (Å²) in [5, 5.41) is 4.75. The Labute approximate surface area is 232 Å². The number of hydrogen-bond donors (Lipinski definition) is 1. The van der Waals surface area contributed by atoms with Crippen molar-refractivity contribution >= 4 is 58.4 Å². The van der Waals surface area contributed by atoms with Gasteiger partial charge in [0.1, 0.15) is 6.04 Å². The summed E-state index contributed by atoms with van der Waals surface area (Å²) >= 11 is 19.8. The van der Waals surface area contributed by atoms with Gasteiger partial charge in [-0.25, -0.2) is 0 Å². The molecule has 3 rings (SSSR count). The number of rotatable bonds is 11. The molecular weight excluding hydrogens is 535 g/mol. The van der Waals surface area contributed by atoms with Crippen LogP contribution in [0.15, 0.2) is 72.8 Å². The quantitative estimate of drug-likeness (QED) is 0.272. The summed E-state index contributed by atoms with van der Waals surface area (Å²) in [6, 6.07) is 21.7. The average molecular weight is 564 g/mol. The molecule has 0 aliphatic carbocycles. The predicted molar refractivity (Wildman–Crippen MR) is 152 cm³/mol. The van der Waals surface area contributed by atoms with Gasteiger partial charge in [0.05, 0.1) is 5.75 Å². The number of carbonyl (C=O) groups excluding carboxylic acids is 2. The molecule has 0 unspecified atom stereocenters. The van der Waals surface area contributed by atoms with E-state index in [2.05, 4.69) is 5.32 Å². The summed E-state index contributed by atoms with van der Waals surface area (Å²) in [5.74, 6) is 0.451. The first-order chi connectivity index (χ1) is 17.2. The normalized spacial score (nSPS) is 11.8. The SMILES string of the molecule is CC(C)NC(=O)[C@@H](Cc1ccccc1)N(Cc1ccc(Cl)cc1)C(=O)CSCc1ccc(Cl)cc1Cl. The van der Waals surface area contributed by atoms with Crippen molar-refractivity contribution in [3.05, 3.63) is 105 Å². The maximum Gasteiger partial charge on any atom is 0.243 e. The Kier molecular flexibility index (Phi) is 11.0. The van der Waals surface area contributed by atoms with E-state index < -0.39 is 6.04 Å². The third kappa shape index (κ3) is 8.74. The standard InChI is InChI=1S/C28H29Cl3N2O2S/c1-19(2)32-28(35)26(14-20-6-4-3-5-7-20)33(16-21-8-11-23(29)12-9-21)27(34)18-36-17-22-10-13-24(30)15-25(22)31/h3-13,15,19,26H,14,16-18H2,1-2H3,(H,32,35)/t26-/m1/s1. The number of hydrogen-bond acceptors (Lipinski definition) is 3. The second-order valence-corrected chi connectivity index (χ2v) is 11.0.